The second-order valence-electron chi connectivity index (χ2n) is 5.63. The highest BCUT2D eigenvalue weighted by Gasteiger charge is 2.25. The van der Waals surface area contributed by atoms with E-state index in [0.29, 0.717) is 24.3 Å². The predicted molar refractivity (Wildman–Crippen MR) is 90.7 cm³/mol. The molecule has 2 rings (SSSR count). The number of likely N-dealkylation sites (N-methyl/N-ethyl adjacent to an activating group) is 1. The number of hydrogen-bond acceptors (Lipinski definition) is 3. The van der Waals surface area contributed by atoms with Crippen LogP contribution >= 0.6 is 0 Å². The van der Waals surface area contributed by atoms with E-state index in [0.717, 1.165) is 0 Å². The number of sulfonamides is 1. The Labute approximate surface area is 137 Å². The van der Waals surface area contributed by atoms with Crippen LogP contribution in [0.25, 0.3) is 0 Å². The first-order valence-corrected chi connectivity index (χ1v) is 8.75. The van der Waals surface area contributed by atoms with Crippen LogP contribution in [0, 0.1) is 12.7 Å². The molecule has 4 nitrogen and oxygen atoms in total. The van der Waals surface area contributed by atoms with Crippen molar-refractivity contribution in [2.24, 2.45) is 0 Å². The third-order valence-corrected chi connectivity index (χ3v) is 5.34. The molecule has 2 aromatic rings. The highest BCUT2D eigenvalue weighted by atomic mass is 32.2. The average Bonchev–Trinajstić information content (AvgIpc) is 2.50. The summed E-state index contributed by atoms with van der Waals surface area (Å²) in [6, 6.07) is 12.8. The summed E-state index contributed by atoms with van der Waals surface area (Å²) in [5.74, 6) is -0.413. The van der Waals surface area contributed by atoms with Crippen molar-refractivity contribution in [3.05, 3.63) is 59.9 Å². The minimum Gasteiger partial charge on any atom is -0.308 e. The molecule has 0 aliphatic heterocycles. The first-order chi connectivity index (χ1) is 10.8. The zero-order chi connectivity index (χ0) is 17.0. The van der Waals surface area contributed by atoms with Gasteiger partial charge in [-0.2, -0.15) is 0 Å². The molecule has 124 valence electrons. The molecule has 0 amide bonds. The van der Waals surface area contributed by atoms with Gasteiger partial charge in [-0.25, -0.2) is 12.8 Å². The highest BCUT2D eigenvalue weighted by molar-refractivity contribution is 7.92. The van der Waals surface area contributed by atoms with Gasteiger partial charge in [-0.1, -0.05) is 18.2 Å². The molecule has 0 bridgehead atoms. The quantitative estimate of drug-likeness (QED) is 0.814. The summed E-state index contributed by atoms with van der Waals surface area (Å²) in [4.78, 5) is 2.01. The number of hydrogen-bond donors (Lipinski definition) is 0. The van der Waals surface area contributed by atoms with Crippen LogP contribution in [0.5, 0.6) is 0 Å². The van der Waals surface area contributed by atoms with Crippen molar-refractivity contribution in [2.75, 3.05) is 31.5 Å². The summed E-state index contributed by atoms with van der Waals surface area (Å²) in [6.07, 6.45) is 0. The molecule has 0 atom stereocenters. The van der Waals surface area contributed by atoms with Crippen LogP contribution in [0.1, 0.15) is 5.56 Å². The third-order valence-electron chi connectivity index (χ3n) is 3.51. The molecule has 0 N–H and O–H groups in total. The Morgan fingerprint density at radius 1 is 1.00 bits per heavy atom. The molecule has 0 saturated carbocycles. The minimum atomic E-state index is -3.75. The van der Waals surface area contributed by atoms with Gasteiger partial charge >= 0.3 is 0 Å². The summed E-state index contributed by atoms with van der Waals surface area (Å²) < 4.78 is 40.8. The Bertz CT molecular complexity index is 761. The van der Waals surface area contributed by atoms with Crippen molar-refractivity contribution in [3.63, 3.8) is 0 Å². The molecule has 0 fully saturated rings. The molecule has 0 aliphatic carbocycles. The molecule has 2 aromatic carbocycles. The molecule has 0 spiro atoms. The van der Waals surface area contributed by atoms with Crippen LogP contribution in [0.2, 0.25) is 0 Å². The Balaban J connectivity index is 2.45. The van der Waals surface area contributed by atoms with Crippen molar-refractivity contribution in [1.29, 1.82) is 0 Å². The maximum absolute atomic E-state index is 13.4. The number of para-hydroxylation sites is 1. The number of halogens is 1. The van der Waals surface area contributed by atoms with Gasteiger partial charge in [-0.3, -0.25) is 4.31 Å². The molecule has 0 heterocycles. The van der Waals surface area contributed by atoms with Crippen molar-refractivity contribution in [2.45, 2.75) is 11.8 Å². The minimum absolute atomic E-state index is 0.0963. The number of anilines is 1. The number of aryl methyl sites for hydroxylation is 1. The average molecular weight is 336 g/mol. The van der Waals surface area contributed by atoms with Crippen LogP contribution in [0.15, 0.2) is 53.4 Å². The standard InChI is InChI=1S/C17H21FN2O2S/c1-14-13-16(9-10-17(14)18)23(21,22)20(12-11-19(2)3)15-7-5-4-6-8-15/h4-10,13H,11-12H2,1-3H3. The number of rotatable bonds is 6. The van der Waals surface area contributed by atoms with Crippen molar-refractivity contribution in [1.82, 2.24) is 4.90 Å². The summed E-state index contributed by atoms with van der Waals surface area (Å²) in [5, 5.41) is 0. The van der Waals surface area contributed by atoms with E-state index in [4.69, 9.17) is 0 Å². The van der Waals surface area contributed by atoms with E-state index in [1.165, 1.54) is 22.5 Å². The molecule has 0 saturated heterocycles. The molecule has 6 heteroatoms. The van der Waals surface area contributed by atoms with Gasteiger partial charge in [0.1, 0.15) is 5.82 Å². The van der Waals surface area contributed by atoms with Gasteiger partial charge in [-0.15, -0.1) is 0 Å². The van der Waals surface area contributed by atoms with Gasteiger partial charge in [0.05, 0.1) is 10.6 Å². The van der Waals surface area contributed by atoms with E-state index in [9.17, 15) is 12.8 Å². The first-order valence-electron chi connectivity index (χ1n) is 7.31. The van der Waals surface area contributed by atoms with Crippen molar-refractivity contribution >= 4 is 15.7 Å². The Morgan fingerprint density at radius 2 is 1.65 bits per heavy atom. The fourth-order valence-electron chi connectivity index (χ4n) is 2.18. The van der Waals surface area contributed by atoms with Crippen molar-refractivity contribution in [3.8, 4) is 0 Å². The Hall–Kier alpha value is -1.92. The Kier molecular flexibility index (Phi) is 5.38. The maximum Gasteiger partial charge on any atom is 0.264 e. The predicted octanol–water partition coefficient (Wildman–Crippen LogP) is 2.89. The van der Waals surface area contributed by atoms with E-state index in [-0.39, 0.29) is 4.90 Å². The van der Waals surface area contributed by atoms with Gasteiger partial charge in [0.15, 0.2) is 0 Å². The summed E-state index contributed by atoms with van der Waals surface area (Å²) in [5.41, 5.74) is 0.906. The van der Waals surface area contributed by atoms with Gasteiger partial charge in [0.2, 0.25) is 0 Å². The van der Waals surface area contributed by atoms with E-state index in [2.05, 4.69) is 0 Å². The second-order valence-corrected chi connectivity index (χ2v) is 7.49. The molecule has 0 radical (unpaired) electrons. The van der Waals surface area contributed by atoms with Gasteiger partial charge in [0.25, 0.3) is 10.0 Å². The van der Waals surface area contributed by atoms with E-state index >= 15 is 0 Å². The Morgan fingerprint density at radius 3 is 2.22 bits per heavy atom. The van der Waals surface area contributed by atoms with Gasteiger partial charge in [-0.05, 0) is 56.9 Å². The molecule has 0 unspecified atom stereocenters. The van der Waals surface area contributed by atoms with Crippen LogP contribution in [-0.4, -0.2) is 40.5 Å². The molecular weight excluding hydrogens is 315 g/mol. The van der Waals surface area contributed by atoms with Crippen LogP contribution in [-0.2, 0) is 10.0 Å². The fraction of sp³-hybridized carbons (Fsp3) is 0.294. The van der Waals surface area contributed by atoms with Crippen molar-refractivity contribution < 1.29 is 12.8 Å². The van der Waals surface area contributed by atoms with Crippen LogP contribution < -0.4 is 4.31 Å². The molecule has 0 aromatic heterocycles. The zero-order valence-corrected chi connectivity index (χ0v) is 14.3. The number of benzene rings is 2. The smallest absolute Gasteiger partial charge is 0.264 e. The lowest BCUT2D eigenvalue weighted by atomic mass is 10.2. The summed E-state index contributed by atoms with van der Waals surface area (Å²) in [6.45, 7) is 2.45. The molecular formula is C17H21FN2O2S. The summed E-state index contributed by atoms with van der Waals surface area (Å²) >= 11 is 0. The van der Waals surface area contributed by atoms with Gasteiger partial charge in [0, 0.05) is 13.1 Å². The molecule has 23 heavy (non-hydrogen) atoms. The lowest BCUT2D eigenvalue weighted by Gasteiger charge is -2.26. The lowest BCUT2D eigenvalue weighted by Crippen LogP contribution is -2.36. The van der Waals surface area contributed by atoms with Gasteiger partial charge < -0.3 is 4.90 Å². The monoisotopic (exact) mass is 336 g/mol. The lowest BCUT2D eigenvalue weighted by molar-refractivity contribution is 0.419. The second kappa shape index (κ2) is 7.10. The van der Waals surface area contributed by atoms with E-state index < -0.39 is 15.8 Å². The van der Waals surface area contributed by atoms with E-state index in [1.807, 2.05) is 25.1 Å². The SMILES string of the molecule is Cc1cc(S(=O)(=O)N(CCN(C)C)c2ccccc2)ccc1F. The maximum atomic E-state index is 13.4. The normalized spacial score (nSPS) is 11.7. The van der Waals surface area contributed by atoms with Crippen LogP contribution in [0.4, 0.5) is 10.1 Å². The topological polar surface area (TPSA) is 40.6 Å². The fourth-order valence-corrected chi connectivity index (χ4v) is 3.72. The summed E-state index contributed by atoms with van der Waals surface area (Å²) in [7, 11) is 0.0244. The third kappa shape index (κ3) is 4.09. The highest BCUT2D eigenvalue weighted by Crippen LogP contribution is 2.24. The zero-order valence-electron chi connectivity index (χ0n) is 13.5. The van der Waals surface area contributed by atoms with E-state index in [1.54, 1.807) is 31.2 Å². The largest absolute Gasteiger partial charge is 0.308 e. The molecule has 0 aliphatic rings. The first kappa shape index (κ1) is 17.4. The van der Waals surface area contributed by atoms with Crippen LogP contribution in [0.3, 0.4) is 0 Å². The number of nitrogens with zero attached hydrogens (tertiary/aromatic N) is 2.